The highest BCUT2D eigenvalue weighted by atomic mass is 16.5. The molecule has 3 nitrogen and oxygen atoms in total. The number of hydrogen-bond donors (Lipinski definition) is 0. The molecule has 0 N–H and O–H groups in total. The minimum absolute atomic E-state index is 0.137. The van der Waals surface area contributed by atoms with Gasteiger partial charge in [0, 0.05) is 19.1 Å². The summed E-state index contributed by atoms with van der Waals surface area (Å²) in [6, 6.07) is 20.9. The van der Waals surface area contributed by atoms with Crippen molar-refractivity contribution in [2.75, 3.05) is 7.11 Å². The summed E-state index contributed by atoms with van der Waals surface area (Å²) in [5.74, 6) is 0.205. The topological polar surface area (TPSA) is 29.5 Å². The van der Waals surface area contributed by atoms with Crippen molar-refractivity contribution < 1.29 is 9.53 Å². The van der Waals surface area contributed by atoms with Gasteiger partial charge in [-0.15, -0.1) is 0 Å². The van der Waals surface area contributed by atoms with Gasteiger partial charge in [0.15, 0.2) is 0 Å². The Hall–Kier alpha value is -2.13. The number of carbonyl (C=O) groups is 1. The summed E-state index contributed by atoms with van der Waals surface area (Å²) < 4.78 is 4.92. The second-order valence-corrected chi connectivity index (χ2v) is 6.47. The van der Waals surface area contributed by atoms with E-state index in [0.717, 1.165) is 13.1 Å². The van der Waals surface area contributed by atoms with Crippen LogP contribution >= 0.6 is 0 Å². The molecule has 3 heteroatoms. The Morgan fingerprint density at radius 1 is 0.917 bits per heavy atom. The molecule has 2 aromatic carbocycles. The monoisotopic (exact) mass is 325 g/mol. The van der Waals surface area contributed by atoms with Gasteiger partial charge in [-0.25, -0.2) is 0 Å². The fraction of sp³-hybridized carbons (Fsp3) is 0.381. The number of methoxy groups -OCH3 is 1. The number of rotatable bonds is 8. The molecule has 0 heterocycles. The molecule has 0 radical (unpaired) electrons. The number of carbonyl (C=O) groups excluding carboxylic acids is 1. The van der Waals surface area contributed by atoms with Crippen LogP contribution in [0.1, 0.15) is 31.4 Å². The summed E-state index contributed by atoms with van der Waals surface area (Å²) in [6.45, 7) is 5.96. The zero-order chi connectivity index (χ0) is 17.4. The molecule has 0 unspecified atom stereocenters. The van der Waals surface area contributed by atoms with Crippen LogP contribution in [-0.2, 0) is 22.6 Å². The van der Waals surface area contributed by atoms with Gasteiger partial charge in [-0.1, -0.05) is 74.5 Å². The highest BCUT2D eigenvalue weighted by Crippen LogP contribution is 2.21. The largest absolute Gasteiger partial charge is 0.469 e. The number of hydrogen-bond acceptors (Lipinski definition) is 3. The average Bonchev–Trinajstić information content (AvgIpc) is 2.60. The van der Waals surface area contributed by atoms with Gasteiger partial charge in [-0.05, 0) is 17.0 Å². The van der Waals surface area contributed by atoms with E-state index in [9.17, 15) is 4.79 Å². The third kappa shape index (κ3) is 5.50. The summed E-state index contributed by atoms with van der Waals surface area (Å²) >= 11 is 0. The molecule has 0 bridgehead atoms. The van der Waals surface area contributed by atoms with Crippen molar-refractivity contribution in [1.82, 2.24) is 4.90 Å². The average molecular weight is 325 g/mol. The molecule has 128 valence electrons. The van der Waals surface area contributed by atoms with E-state index in [1.54, 1.807) is 0 Å². The summed E-state index contributed by atoms with van der Waals surface area (Å²) in [6.07, 6.45) is 0.411. The quantitative estimate of drug-likeness (QED) is 0.679. The molecule has 0 aliphatic heterocycles. The molecule has 2 rings (SSSR count). The maximum absolute atomic E-state index is 11.9. The first-order valence-corrected chi connectivity index (χ1v) is 8.49. The van der Waals surface area contributed by atoms with Crippen LogP contribution in [0.5, 0.6) is 0 Å². The van der Waals surface area contributed by atoms with Gasteiger partial charge in [0.1, 0.15) is 0 Å². The van der Waals surface area contributed by atoms with E-state index < -0.39 is 0 Å². The van der Waals surface area contributed by atoms with Gasteiger partial charge in [0.05, 0.1) is 13.5 Å². The molecule has 0 aliphatic rings. The summed E-state index contributed by atoms with van der Waals surface area (Å²) in [5.41, 5.74) is 2.51. The molecular weight excluding hydrogens is 298 g/mol. The predicted octanol–water partition coefficient (Wildman–Crippen LogP) is 4.28. The smallest absolute Gasteiger partial charge is 0.307 e. The standard InChI is InChI=1S/C21H27NO2/c1-17(2)20(14-21(23)24-3)22(15-18-10-6-4-7-11-18)16-19-12-8-5-9-13-19/h4-13,17,20H,14-16H2,1-3H3/t20-/m1/s1. The molecular formula is C21H27NO2. The number of esters is 1. The van der Waals surface area contributed by atoms with Crippen LogP contribution in [0.15, 0.2) is 60.7 Å². The molecule has 0 amide bonds. The third-order valence-corrected chi connectivity index (χ3v) is 4.30. The van der Waals surface area contributed by atoms with E-state index in [0.29, 0.717) is 12.3 Å². The van der Waals surface area contributed by atoms with Crippen molar-refractivity contribution in [2.24, 2.45) is 5.92 Å². The number of ether oxygens (including phenoxy) is 1. The Balaban J connectivity index is 2.23. The van der Waals surface area contributed by atoms with Crippen LogP contribution in [0, 0.1) is 5.92 Å². The van der Waals surface area contributed by atoms with Crippen LogP contribution < -0.4 is 0 Å². The van der Waals surface area contributed by atoms with Crippen molar-refractivity contribution in [3.05, 3.63) is 71.8 Å². The van der Waals surface area contributed by atoms with Crippen molar-refractivity contribution in [3.63, 3.8) is 0 Å². The van der Waals surface area contributed by atoms with E-state index >= 15 is 0 Å². The van der Waals surface area contributed by atoms with Crippen LogP contribution in [0.3, 0.4) is 0 Å². The molecule has 0 fully saturated rings. The summed E-state index contributed by atoms with van der Waals surface area (Å²) in [5, 5.41) is 0. The molecule has 0 saturated carbocycles. The van der Waals surface area contributed by atoms with Gasteiger partial charge in [0.2, 0.25) is 0 Å². The normalized spacial score (nSPS) is 12.4. The molecule has 0 spiro atoms. The van der Waals surface area contributed by atoms with Crippen molar-refractivity contribution >= 4 is 5.97 Å². The van der Waals surface area contributed by atoms with Crippen LogP contribution in [-0.4, -0.2) is 24.0 Å². The van der Waals surface area contributed by atoms with E-state index in [1.807, 2.05) is 12.1 Å². The first kappa shape index (κ1) is 18.2. The Morgan fingerprint density at radius 2 is 1.38 bits per heavy atom. The van der Waals surface area contributed by atoms with Gasteiger partial charge in [0.25, 0.3) is 0 Å². The van der Waals surface area contributed by atoms with Crippen molar-refractivity contribution in [2.45, 2.75) is 39.4 Å². The van der Waals surface area contributed by atoms with Gasteiger partial charge in [-0.2, -0.15) is 0 Å². The van der Waals surface area contributed by atoms with Gasteiger partial charge >= 0.3 is 5.97 Å². The molecule has 0 aliphatic carbocycles. The molecule has 0 aromatic heterocycles. The lowest BCUT2D eigenvalue weighted by molar-refractivity contribution is -0.142. The second-order valence-electron chi connectivity index (χ2n) is 6.47. The lowest BCUT2D eigenvalue weighted by atomic mass is 9.97. The van der Waals surface area contributed by atoms with E-state index in [2.05, 4.69) is 67.3 Å². The Labute approximate surface area is 145 Å². The maximum Gasteiger partial charge on any atom is 0.307 e. The lowest BCUT2D eigenvalue weighted by Crippen LogP contribution is -2.40. The second kappa shape index (κ2) is 9.24. The van der Waals surface area contributed by atoms with Crippen LogP contribution in [0.4, 0.5) is 0 Å². The van der Waals surface area contributed by atoms with Crippen molar-refractivity contribution in [3.8, 4) is 0 Å². The Bertz CT molecular complexity index is 569. The van der Waals surface area contributed by atoms with E-state index in [4.69, 9.17) is 4.74 Å². The minimum Gasteiger partial charge on any atom is -0.469 e. The molecule has 1 atom stereocenters. The zero-order valence-electron chi connectivity index (χ0n) is 14.8. The summed E-state index contributed by atoms with van der Waals surface area (Å²) in [7, 11) is 1.46. The van der Waals surface area contributed by atoms with E-state index in [-0.39, 0.29) is 12.0 Å². The fourth-order valence-electron chi connectivity index (χ4n) is 2.97. The van der Waals surface area contributed by atoms with Crippen LogP contribution in [0.25, 0.3) is 0 Å². The highest BCUT2D eigenvalue weighted by molar-refractivity contribution is 5.69. The number of benzene rings is 2. The SMILES string of the molecule is COC(=O)C[C@H](C(C)C)N(Cc1ccccc1)Cc1ccccc1. The predicted molar refractivity (Wildman–Crippen MR) is 97.4 cm³/mol. The molecule has 0 saturated heterocycles. The molecule has 2 aromatic rings. The third-order valence-electron chi connectivity index (χ3n) is 4.30. The van der Waals surface area contributed by atoms with Gasteiger partial charge in [-0.3, -0.25) is 9.69 Å². The van der Waals surface area contributed by atoms with Crippen molar-refractivity contribution in [1.29, 1.82) is 0 Å². The fourth-order valence-corrected chi connectivity index (χ4v) is 2.97. The van der Waals surface area contributed by atoms with Gasteiger partial charge < -0.3 is 4.74 Å². The number of nitrogens with zero attached hydrogens (tertiary/aromatic N) is 1. The van der Waals surface area contributed by atoms with E-state index in [1.165, 1.54) is 18.2 Å². The van der Waals surface area contributed by atoms with Crippen LogP contribution in [0.2, 0.25) is 0 Å². The lowest BCUT2D eigenvalue weighted by Gasteiger charge is -2.34. The zero-order valence-corrected chi connectivity index (χ0v) is 14.8. The Morgan fingerprint density at radius 3 is 1.75 bits per heavy atom. The summed E-state index contributed by atoms with van der Waals surface area (Å²) in [4.78, 5) is 14.3. The highest BCUT2D eigenvalue weighted by Gasteiger charge is 2.25. The maximum atomic E-state index is 11.9. The Kier molecular flexibility index (Phi) is 7.01. The first-order valence-electron chi connectivity index (χ1n) is 8.49. The first-order chi connectivity index (χ1) is 11.6. The minimum atomic E-state index is -0.153. The molecule has 24 heavy (non-hydrogen) atoms.